The molecule has 4 nitrogen and oxygen atoms in total. The van der Waals surface area contributed by atoms with Gasteiger partial charge in [0.1, 0.15) is 0 Å². The summed E-state index contributed by atoms with van der Waals surface area (Å²) in [5.41, 5.74) is 0. The predicted molar refractivity (Wildman–Crippen MR) is 54.7 cm³/mol. The fraction of sp³-hybridized carbons (Fsp3) is 0.889. The van der Waals surface area contributed by atoms with Crippen LogP contribution >= 0.6 is 0 Å². The molecule has 1 amide bonds. The van der Waals surface area contributed by atoms with Crippen molar-refractivity contribution in [3.05, 3.63) is 0 Å². The van der Waals surface area contributed by atoms with Gasteiger partial charge in [-0.05, 0) is 0 Å². The summed E-state index contributed by atoms with van der Waals surface area (Å²) in [7, 11) is 0. The molecule has 1 unspecified atom stereocenters. The van der Waals surface area contributed by atoms with E-state index in [0.29, 0.717) is 6.04 Å². The summed E-state index contributed by atoms with van der Waals surface area (Å²) in [6.45, 7) is 9.22. The number of piperazine rings is 1. The molecule has 1 saturated heterocycles. The van der Waals surface area contributed by atoms with Gasteiger partial charge in [0.25, 0.3) is 0 Å². The van der Waals surface area contributed by atoms with E-state index in [9.17, 15) is 4.79 Å². The van der Waals surface area contributed by atoms with Gasteiger partial charge in [-0.25, -0.2) is 0 Å². The molecular weight excluding hydrogens is 166 g/mol. The molecule has 78 valence electrons. The van der Waals surface area contributed by atoms with E-state index in [0.717, 1.165) is 26.2 Å². The first kappa shape index (κ1) is 12.4. The molecule has 4 heteroatoms. The molecule has 1 aliphatic heterocycles. The van der Waals surface area contributed by atoms with Crippen molar-refractivity contribution in [2.75, 3.05) is 26.2 Å². The molecule has 0 aromatic rings. The molecule has 1 fully saturated rings. The third kappa shape index (κ3) is 6.54. The second-order valence-electron chi connectivity index (χ2n) is 2.79. The van der Waals surface area contributed by atoms with Gasteiger partial charge in [-0.2, -0.15) is 0 Å². The summed E-state index contributed by atoms with van der Waals surface area (Å²) in [6.07, 6.45) is 0. The standard InChI is InChI=1S/C7H15N3O.C2H6/c1-6(11)10-5-7-4-8-2-3-9-7;1-2/h7-9H,2-5H2,1H3,(H,10,11);1-2H3. The predicted octanol–water partition coefficient (Wildman–Crippen LogP) is -0.290. The number of carbonyl (C=O) groups is 1. The molecule has 0 aliphatic carbocycles. The van der Waals surface area contributed by atoms with Crippen LogP contribution in [0.25, 0.3) is 0 Å². The monoisotopic (exact) mass is 187 g/mol. The molecule has 1 atom stereocenters. The number of hydrogen-bond acceptors (Lipinski definition) is 3. The highest BCUT2D eigenvalue weighted by Gasteiger charge is 2.10. The van der Waals surface area contributed by atoms with Crippen LogP contribution in [0.1, 0.15) is 20.8 Å². The molecule has 0 saturated carbocycles. The van der Waals surface area contributed by atoms with Crippen molar-refractivity contribution in [3.8, 4) is 0 Å². The molecule has 3 N–H and O–H groups in total. The number of carbonyl (C=O) groups excluding carboxylic acids is 1. The van der Waals surface area contributed by atoms with E-state index in [4.69, 9.17) is 0 Å². The van der Waals surface area contributed by atoms with Gasteiger partial charge in [0.2, 0.25) is 5.91 Å². The van der Waals surface area contributed by atoms with Gasteiger partial charge < -0.3 is 16.0 Å². The van der Waals surface area contributed by atoms with Crippen molar-refractivity contribution in [3.63, 3.8) is 0 Å². The van der Waals surface area contributed by atoms with Crippen molar-refractivity contribution >= 4 is 5.91 Å². The molecule has 1 heterocycles. The Hall–Kier alpha value is -0.610. The van der Waals surface area contributed by atoms with Crippen LogP contribution in [0.3, 0.4) is 0 Å². The molecule has 1 aliphatic rings. The van der Waals surface area contributed by atoms with E-state index >= 15 is 0 Å². The van der Waals surface area contributed by atoms with Crippen molar-refractivity contribution in [2.45, 2.75) is 26.8 Å². The van der Waals surface area contributed by atoms with Crippen LogP contribution in [0.2, 0.25) is 0 Å². The fourth-order valence-electron chi connectivity index (χ4n) is 1.12. The van der Waals surface area contributed by atoms with Crippen LogP contribution in [0.15, 0.2) is 0 Å². The fourth-order valence-corrected chi connectivity index (χ4v) is 1.12. The van der Waals surface area contributed by atoms with Crippen LogP contribution < -0.4 is 16.0 Å². The summed E-state index contributed by atoms with van der Waals surface area (Å²) in [5.74, 6) is 0.0392. The van der Waals surface area contributed by atoms with Crippen molar-refractivity contribution in [1.29, 1.82) is 0 Å². The van der Waals surface area contributed by atoms with Crippen LogP contribution in [0, 0.1) is 0 Å². The van der Waals surface area contributed by atoms with Crippen LogP contribution in [-0.2, 0) is 4.79 Å². The zero-order chi connectivity index (χ0) is 10.1. The average Bonchev–Trinajstić information content (AvgIpc) is 2.19. The minimum atomic E-state index is 0.0392. The molecule has 0 bridgehead atoms. The Morgan fingerprint density at radius 1 is 1.46 bits per heavy atom. The second-order valence-corrected chi connectivity index (χ2v) is 2.79. The summed E-state index contributed by atoms with van der Waals surface area (Å²) in [5, 5.41) is 9.32. The van der Waals surface area contributed by atoms with E-state index in [1.54, 1.807) is 0 Å². The van der Waals surface area contributed by atoms with Crippen LogP contribution in [-0.4, -0.2) is 38.1 Å². The third-order valence-corrected chi connectivity index (χ3v) is 1.72. The number of rotatable bonds is 2. The topological polar surface area (TPSA) is 53.2 Å². The highest BCUT2D eigenvalue weighted by atomic mass is 16.1. The Labute approximate surface area is 80.5 Å². The quantitative estimate of drug-likeness (QED) is 0.557. The zero-order valence-corrected chi connectivity index (χ0v) is 8.81. The van der Waals surface area contributed by atoms with E-state index in [1.807, 2.05) is 13.8 Å². The molecule has 0 aromatic carbocycles. The summed E-state index contributed by atoms with van der Waals surface area (Å²) in [6, 6.07) is 0.396. The summed E-state index contributed by atoms with van der Waals surface area (Å²) >= 11 is 0. The van der Waals surface area contributed by atoms with E-state index < -0.39 is 0 Å². The van der Waals surface area contributed by atoms with E-state index in [1.165, 1.54) is 6.92 Å². The Morgan fingerprint density at radius 2 is 2.15 bits per heavy atom. The summed E-state index contributed by atoms with van der Waals surface area (Å²) in [4.78, 5) is 10.5. The lowest BCUT2D eigenvalue weighted by Crippen LogP contribution is -2.53. The first-order valence-electron chi connectivity index (χ1n) is 4.97. The lowest BCUT2D eigenvalue weighted by molar-refractivity contribution is -0.119. The molecule has 0 spiro atoms. The average molecular weight is 187 g/mol. The lowest BCUT2D eigenvalue weighted by atomic mass is 10.2. The number of hydrogen-bond donors (Lipinski definition) is 3. The summed E-state index contributed by atoms with van der Waals surface area (Å²) < 4.78 is 0. The second kappa shape index (κ2) is 8.01. The minimum absolute atomic E-state index is 0.0392. The van der Waals surface area contributed by atoms with Gasteiger partial charge in [0.05, 0.1) is 0 Å². The Balaban J connectivity index is 0.000000671. The Bertz CT molecular complexity index is 133. The van der Waals surface area contributed by atoms with Crippen molar-refractivity contribution < 1.29 is 4.79 Å². The lowest BCUT2D eigenvalue weighted by Gasteiger charge is -2.24. The maximum absolute atomic E-state index is 10.5. The van der Waals surface area contributed by atoms with Gasteiger partial charge >= 0.3 is 0 Å². The van der Waals surface area contributed by atoms with Gasteiger partial charge in [0.15, 0.2) is 0 Å². The van der Waals surface area contributed by atoms with Crippen LogP contribution in [0.4, 0.5) is 0 Å². The molecule has 13 heavy (non-hydrogen) atoms. The van der Waals surface area contributed by atoms with Gasteiger partial charge in [0, 0.05) is 39.1 Å². The van der Waals surface area contributed by atoms with Gasteiger partial charge in [-0.1, -0.05) is 13.8 Å². The zero-order valence-electron chi connectivity index (χ0n) is 8.81. The Kier molecular flexibility index (Phi) is 7.63. The highest BCUT2D eigenvalue weighted by molar-refractivity contribution is 5.72. The first-order valence-corrected chi connectivity index (χ1v) is 4.97. The molecule has 1 rings (SSSR count). The van der Waals surface area contributed by atoms with Crippen LogP contribution in [0.5, 0.6) is 0 Å². The molecule has 0 aromatic heterocycles. The third-order valence-electron chi connectivity index (χ3n) is 1.72. The Morgan fingerprint density at radius 3 is 2.62 bits per heavy atom. The normalized spacial score (nSPS) is 21.3. The van der Waals surface area contributed by atoms with Crippen molar-refractivity contribution in [2.24, 2.45) is 0 Å². The van der Waals surface area contributed by atoms with E-state index in [2.05, 4.69) is 16.0 Å². The maximum Gasteiger partial charge on any atom is 0.216 e. The van der Waals surface area contributed by atoms with Crippen molar-refractivity contribution in [1.82, 2.24) is 16.0 Å². The number of amides is 1. The smallest absolute Gasteiger partial charge is 0.216 e. The van der Waals surface area contributed by atoms with Gasteiger partial charge in [-0.15, -0.1) is 0 Å². The minimum Gasteiger partial charge on any atom is -0.355 e. The SMILES string of the molecule is CC.CC(=O)NCC1CNCCN1. The molecule has 0 radical (unpaired) electrons. The highest BCUT2D eigenvalue weighted by Crippen LogP contribution is 1.83. The number of nitrogens with one attached hydrogen (secondary N) is 3. The first-order chi connectivity index (χ1) is 6.29. The van der Waals surface area contributed by atoms with Gasteiger partial charge in [-0.3, -0.25) is 4.79 Å². The molecular formula is C9H21N3O. The largest absolute Gasteiger partial charge is 0.355 e. The maximum atomic E-state index is 10.5. The van der Waals surface area contributed by atoms with E-state index in [-0.39, 0.29) is 5.91 Å².